The zero-order valence-electron chi connectivity index (χ0n) is 25.5. The van der Waals surface area contributed by atoms with E-state index < -0.39 is 70.8 Å². The fraction of sp³-hybridized carbons (Fsp3) is 0.633. The van der Waals surface area contributed by atoms with Gasteiger partial charge in [0.1, 0.15) is 12.1 Å². The molecule has 2 saturated heterocycles. The van der Waals surface area contributed by atoms with Gasteiger partial charge in [0.05, 0.1) is 6.04 Å². The summed E-state index contributed by atoms with van der Waals surface area (Å²) in [5.74, 6) is -7.40. The number of hydrogen-bond acceptors (Lipinski definition) is 7. The van der Waals surface area contributed by atoms with Crippen molar-refractivity contribution < 1.29 is 41.9 Å². The Hall–Kier alpha value is -3.84. The highest BCUT2D eigenvalue weighted by Crippen LogP contribution is 2.34. The second kappa shape index (κ2) is 13.9. The van der Waals surface area contributed by atoms with E-state index in [1.165, 1.54) is 45.3 Å². The minimum absolute atomic E-state index is 0.00371. The van der Waals surface area contributed by atoms with Gasteiger partial charge in [0.2, 0.25) is 29.3 Å². The third-order valence-corrected chi connectivity index (χ3v) is 8.20. The summed E-state index contributed by atoms with van der Waals surface area (Å²) in [5, 5.41) is 7.13. The number of nitrogens with one attached hydrogen (secondary N) is 3. The first-order valence-corrected chi connectivity index (χ1v) is 14.7. The fourth-order valence-corrected chi connectivity index (χ4v) is 5.76. The van der Waals surface area contributed by atoms with Gasteiger partial charge in [-0.3, -0.25) is 33.8 Å². The molecule has 1 aromatic heterocycles. The highest BCUT2D eigenvalue weighted by Gasteiger charge is 2.50. The Morgan fingerprint density at radius 1 is 1.09 bits per heavy atom. The lowest BCUT2D eigenvalue weighted by molar-refractivity contribution is -0.176. The fourth-order valence-electron chi connectivity index (χ4n) is 5.76. The van der Waals surface area contributed by atoms with Gasteiger partial charge in [-0.2, -0.15) is 13.2 Å². The molecule has 0 aromatic carbocycles. The summed E-state index contributed by atoms with van der Waals surface area (Å²) >= 11 is 0. The van der Waals surface area contributed by atoms with Gasteiger partial charge in [-0.05, 0) is 55.1 Å². The van der Waals surface area contributed by atoms with Crippen molar-refractivity contribution in [2.24, 2.45) is 23.2 Å². The van der Waals surface area contributed by atoms with Crippen molar-refractivity contribution in [3.63, 3.8) is 0 Å². The maximum Gasteiger partial charge on any atom is 0.471 e. The molecule has 4 amide bonds. The number of halogens is 3. The molecular weight excluding hydrogens is 583 g/mol. The lowest BCUT2D eigenvalue weighted by Gasteiger charge is -2.37. The van der Waals surface area contributed by atoms with E-state index in [0.29, 0.717) is 25.8 Å². The zero-order chi connectivity index (χ0) is 33.0. The van der Waals surface area contributed by atoms with E-state index in [0.717, 1.165) is 4.90 Å². The van der Waals surface area contributed by atoms with Crippen LogP contribution in [0.25, 0.3) is 0 Å². The number of carbonyl (C=O) groups is 6. The number of aromatic nitrogens is 1. The SMILES string of the molecule is CC(C)[C@H]1CCN(C(=O)[C@@H](NC(=O)C(F)(F)F)C(C)(C)C)[C@@H]1C(=O)NC(CC1CCCNC1=O)C(=O)C(=O)c1cccnc1. The quantitative estimate of drug-likeness (QED) is 0.267. The average molecular weight is 624 g/mol. The van der Waals surface area contributed by atoms with Crippen molar-refractivity contribution in [1.82, 2.24) is 25.8 Å². The minimum Gasteiger partial charge on any atom is -0.356 e. The number of ketones is 2. The number of Topliss-reactive ketones (excluding diaryl/α,β-unsaturated/α-hetero) is 2. The normalized spacial score (nSPS) is 22.2. The maximum atomic E-state index is 14.0. The Bertz CT molecular complexity index is 1260. The number of alkyl halides is 3. The van der Waals surface area contributed by atoms with Crippen LogP contribution in [0.1, 0.15) is 70.7 Å². The maximum absolute atomic E-state index is 14.0. The van der Waals surface area contributed by atoms with Gasteiger partial charge in [0, 0.05) is 37.0 Å². The van der Waals surface area contributed by atoms with E-state index in [1.807, 2.05) is 13.8 Å². The predicted octanol–water partition coefficient (Wildman–Crippen LogP) is 2.20. The molecule has 2 unspecified atom stereocenters. The van der Waals surface area contributed by atoms with Crippen LogP contribution in [0.2, 0.25) is 0 Å². The summed E-state index contributed by atoms with van der Waals surface area (Å²) in [5.41, 5.74) is -1.16. The van der Waals surface area contributed by atoms with Crippen LogP contribution in [0.4, 0.5) is 13.2 Å². The molecule has 3 heterocycles. The Kier molecular flexibility index (Phi) is 10.9. The predicted molar refractivity (Wildman–Crippen MR) is 152 cm³/mol. The standard InChI is InChI=1S/C30H40F3N5O6/c1-16(2)19-10-13-38(27(43)24(29(3,4)5)37-28(44)30(31,32)33)21(19)26(42)36-20(14-17-8-7-12-35-25(17)41)23(40)22(39)18-9-6-11-34-15-18/h6,9,11,15-17,19-21,24H,7-8,10,12-14H2,1-5H3,(H,35,41)(H,36,42)(H,37,44)/t17?,19-,20?,21+,24-/m1/s1. The summed E-state index contributed by atoms with van der Waals surface area (Å²) in [4.78, 5) is 83.8. The Balaban J connectivity index is 1.94. The van der Waals surface area contributed by atoms with Gasteiger partial charge in [-0.25, -0.2) is 0 Å². The highest BCUT2D eigenvalue weighted by atomic mass is 19.4. The molecule has 2 aliphatic rings. The topological polar surface area (TPSA) is 155 Å². The molecule has 0 bridgehead atoms. The summed E-state index contributed by atoms with van der Waals surface area (Å²) in [6.45, 7) is 8.61. The van der Waals surface area contributed by atoms with Crippen LogP contribution in [0.3, 0.4) is 0 Å². The van der Waals surface area contributed by atoms with Crippen molar-refractivity contribution >= 4 is 35.2 Å². The van der Waals surface area contributed by atoms with E-state index in [-0.39, 0.29) is 30.4 Å². The lowest BCUT2D eigenvalue weighted by atomic mass is 9.84. The third kappa shape index (κ3) is 8.20. The Labute approximate surface area is 254 Å². The number of hydrogen-bond donors (Lipinski definition) is 3. The molecule has 2 aliphatic heterocycles. The van der Waals surface area contributed by atoms with Crippen LogP contribution in [0.5, 0.6) is 0 Å². The molecule has 0 radical (unpaired) electrons. The lowest BCUT2D eigenvalue weighted by Crippen LogP contribution is -2.61. The molecule has 44 heavy (non-hydrogen) atoms. The molecule has 5 atom stereocenters. The molecule has 1 aromatic rings. The molecule has 242 valence electrons. The molecule has 3 rings (SSSR count). The van der Waals surface area contributed by atoms with E-state index in [2.05, 4.69) is 15.6 Å². The van der Waals surface area contributed by atoms with Crippen LogP contribution in [0, 0.1) is 23.2 Å². The van der Waals surface area contributed by atoms with Gasteiger partial charge in [0.15, 0.2) is 0 Å². The largest absolute Gasteiger partial charge is 0.471 e. The molecule has 0 spiro atoms. The minimum atomic E-state index is -5.23. The second-order valence-electron chi connectivity index (χ2n) is 12.8. The summed E-state index contributed by atoms with van der Waals surface area (Å²) < 4.78 is 39.4. The van der Waals surface area contributed by atoms with E-state index in [9.17, 15) is 41.9 Å². The van der Waals surface area contributed by atoms with Crippen LogP contribution in [-0.4, -0.2) is 82.5 Å². The van der Waals surface area contributed by atoms with Crippen LogP contribution >= 0.6 is 0 Å². The van der Waals surface area contributed by atoms with E-state index in [1.54, 1.807) is 5.32 Å². The van der Waals surface area contributed by atoms with Crippen molar-refractivity contribution in [3.05, 3.63) is 30.1 Å². The van der Waals surface area contributed by atoms with Crippen LogP contribution in [0.15, 0.2) is 24.5 Å². The molecule has 0 aliphatic carbocycles. The van der Waals surface area contributed by atoms with Crippen molar-refractivity contribution in [2.45, 2.75) is 84.6 Å². The van der Waals surface area contributed by atoms with Crippen LogP contribution in [-0.2, 0) is 24.0 Å². The number of nitrogens with zero attached hydrogens (tertiary/aromatic N) is 2. The molecule has 0 saturated carbocycles. The number of pyridine rings is 1. The van der Waals surface area contributed by atoms with Gasteiger partial charge in [-0.15, -0.1) is 0 Å². The number of rotatable bonds is 10. The summed E-state index contributed by atoms with van der Waals surface area (Å²) in [6.07, 6.45) is -1.36. The van der Waals surface area contributed by atoms with Crippen molar-refractivity contribution in [1.29, 1.82) is 0 Å². The molecule has 2 fully saturated rings. The number of likely N-dealkylation sites (tertiary alicyclic amines) is 1. The van der Waals surface area contributed by atoms with E-state index in [4.69, 9.17) is 0 Å². The van der Waals surface area contributed by atoms with Crippen molar-refractivity contribution in [2.75, 3.05) is 13.1 Å². The van der Waals surface area contributed by atoms with E-state index >= 15 is 0 Å². The first-order valence-electron chi connectivity index (χ1n) is 14.7. The average Bonchev–Trinajstić information content (AvgIpc) is 3.40. The highest BCUT2D eigenvalue weighted by molar-refractivity contribution is 6.45. The van der Waals surface area contributed by atoms with Crippen molar-refractivity contribution in [3.8, 4) is 0 Å². The zero-order valence-corrected chi connectivity index (χ0v) is 25.5. The third-order valence-electron chi connectivity index (χ3n) is 8.20. The van der Waals surface area contributed by atoms with Gasteiger partial charge >= 0.3 is 12.1 Å². The van der Waals surface area contributed by atoms with Crippen LogP contribution < -0.4 is 16.0 Å². The van der Waals surface area contributed by atoms with Gasteiger partial charge < -0.3 is 20.9 Å². The smallest absolute Gasteiger partial charge is 0.356 e. The number of carbonyl (C=O) groups excluding carboxylic acids is 6. The number of amides is 4. The Morgan fingerprint density at radius 3 is 2.32 bits per heavy atom. The van der Waals surface area contributed by atoms with Gasteiger partial charge in [-0.1, -0.05) is 34.6 Å². The molecular formula is C30H40F3N5O6. The second-order valence-corrected chi connectivity index (χ2v) is 12.8. The summed E-state index contributed by atoms with van der Waals surface area (Å²) in [7, 11) is 0. The molecule has 3 N–H and O–H groups in total. The molecule has 11 nitrogen and oxygen atoms in total. The Morgan fingerprint density at radius 2 is 1.77 bits per heavy atom. The monoisotopic (exact) mass is 623 g/mol. The first kappa shape index (κ1) is 34.6. The number of piperidine rings is 1. The first-order chi connectivity index (χ1) is 20.4. The summed E-state index contributed by atoms with van der Waals surface area (Å²) in [6, 6.07) is -1.38. The molecule has 14 heteroatoms. The van der Waals surface area contributed by atoms with Gasteiger partial charge in [0.25, 0.3) is 0 Å².